The van der Waals surface area contributed by atoms with Crippen LogP contribution < -0.4 is 21.3 Å². The number of halogens is 4. The fourth-order valence-corrected chi connectivity index (χ4v) is 13.7. The van der Waals surface area contributed by atoms with Crippen molar-refractivity contribution in [3.63, 3.8) is 0 Å². The van der Waals surface area contributed by atoms with E-state index in [1.165, 1.54) is 72.7 Å². The van der Waals surface area contributed by atoms with Crippen LogP contribution in [0.3, 0.4) is 0 Å². The first-order valence-corrected chi connectivity index (χ1v) is 32.2. The van der Waals surface area contributed by atoms with Gasteiger partial charge in [0, 0.05) is 60.8 Å². The minimum absolute atomic E-state index is 0.0477. The van der Waals surface area contributed by atoms with E-state index in [9.17, 15) is 56.3 Å². The maximum absolute atomic E-state index is 15.2. The Labute approximate surface area is 526 Å². The molecule has 0 radical (unpaired) electrons. The van der Waals surface area contributed by atoms with Crippen molar-refractivity contribution in [2.45, 2.75) is 217 Å². The number of aryl methyl sites for hydroxylation is 1. The Balaban J connectivity index is 1.36. The van der Waals surface area contributed by atoms with Crippen molar-refractivity contribution < 1.29 is 65.9 Å². The second-order valence-electron chi connectivity index (χ2n) is 26.0. The number of alkyl halides is 3. The first kappa shape index (κ1) is 71.5. The predicted octanol–water partition coefficient (Wildman–Crippen LogP) is 4.67. The van der Waals surface area contributed by atoms with Gasteiger partial charge in [0.2, 0.25) is 65.0 Å². The molecule has 0 aromatic heterocycles. The zero-order valence-corrected chi connectivity index (χ0v) is 54.5. The summed E-state index contributed by atoms with van der Waals surface area (Å²) in [5.74, 6) is -7.49. The average molecular weight is 1270 g/mol. The molecule has 0 unspecified atom stereocenters. The van der Waals surface area contributed by atoms with Gasteiger partial charge in [-0.3, -0.25) is 52.7 Å². The number of nitrogens with one attached hydrogen (secondary N) is 4. The second kappa shape index (κ2) is 31.0. The molecule has 26 heteroatoms. The van der Waals surface area contributed by atoms with Crippen molar-refractivity contribution in [1.29, 1.82) is 0 Å². The van der Waals surface area contributed by atoms with Gasteiger partial charge in [0.15, 0.2) is 0 Å². The van der Waals surface area contributed by atoms with E-state index in [0.29, 0.717) is 37.7 Å². The first-order valence-electron chi connectivity index (χ1n) is 31.8. The number of carbonyl (C=O) groups excluding carboxylic acids is 11. The van der Waals surface area contributed by atoms with Gasteiger partial charge in [-0.1, -0.05) is 96.7 Å². The molecular formula is C63H95ClF3N11O11. The molecule has 2 aliphatic carbocycles. The van der Waals surface area contributed by atoms with Crippen LogP contribution in [0.1, 0.15) is 162 Å². The Morgan fingerprint density at radius 2 is 1.24 bits per heavy atom. The van der Waals surface area contributed by atoms with Crippen molar-refractivity contribution in [3.8, 4) is 0 Å². The Hall–Kier alpha value is -6.53. The Morgan fingerprint density at radius 1 is 0.640 bits per heavy atom. The third kappa shape index (κ3) is 17.5. The number of likely N-dealkylation sites (N-methyl/N-ethyl adjacent to an activating group) is 5. The summed E-state index contributed by atoms with van der Waals surface area (Å²) < 4.78 is 41.4. The summed E-state index contributed by atoms with van der Waals surface area (Å²) in [6, 6.07) is -5.63. The summed E-state index contributed by atoms with van der Waals surface area (Å²) in [5, 5.41) is 11.0. The van der Waals surface area contributed by atoms with Crippen LogP contribution in [0.15, 0.2) is 18.2 Å². The Morgan fingerprint density at radius 3 is 1.82 bits per heavy atom. The highest BCUT2D eigenvalue weighted by molar-refractivity contribution is 6.31. The van der Waals surface area contributed by atoms with Gasteiger partial charge in [-0.25, -0.2) is 0 Å². The van der Waals surface area contributed by atoms with E-state index in [2.05, 4.69) is 21.3 Å². The fraction of sp³-hybridized carbons (Fsp3) is 0.730. The topological polar surface area (TPSA) is 259 Å². The quantitative estimate of drug-likeness (QED) is 0.278. The molecule has 4 N–H and O–H groups in total. The van der Waals surface area contributed by atoms with Gasteiger partial charge in [0.25, 0.3) is 0 Å². The lowest BCUT2D eigenvalue weighted by molar-refractivity contribution is -0.150. The highest BCUT2D eigenvalue weighted by atomic mass is 35.5. The smallest absolute Gasteiger partial charge is 0.351 e. The molecule has 1 spiro atoms. The number of hydrogen-bond acceptors (Lipinski definition) is 11. The van der Waals surface area contributed by atoms with Crippen LogP contribution in [0, 0.1) is 17.8 Å². The number of nitrogens with zero attached hydrogens (tertiary/aromatic N) is 7. The predicted molar refractivity (Wildman–Crippen MR) is 326 cm³/mol. The monoisotopic (exact) mass is 1270 g/mol. The number of hydrogen-bond donors (Lipinski definition) is 4. The van der Waals surface area contributed by atoms with Crippen LogP contribution in [0.4, 0.5) is 13.2 Å². The van der Waals surface area contributed by atoms with Crippen molar-refractivity contribution in [2.24, 2.45) is 17.8 Å². The van der Waals surface area contributed by atoms with Gasteiger partial charge < -0.3 is 55.6 Å². The highest BCUT2D eigenvalue weighted by Crippen LogP contribution is 2.37. The first-order chi connectivity index (χ1) is 41.8. The molecule has 11 amide bonds. The largest absolute Gasteiger partial charge is 0.417 e. The third-order valence-corrected chi connectivity index (χ3v) is 19.5. The molecule has 2 saturated carbocycles. The molecule has 89 heavy (non-hydrogen) atoms. The van der Waals surface area contributed by atoms with Crippen molar-refractivity contribution in [3.05, 3.63) is 34.3 Å². The molecule has 5 aliphatic rings. The summed E-state index contributed by atoms with van der Waals surface area (Å²) in [6.45, 7) is 9.41. The molecule has 6 rings (SSSR count). The normalized spacial score (nSPS) is 27.9. The Bertz CT molecular complexity index is 2780. The lowest BCUT2D eigenvalue weighted by Gasteiger charge is -2.39. The lowest BCUT2D eigenvalue weighted by Crippen LogP contribution is -2.64. The minimum Gasteiger partial charge on any atom is -0.351 e. The summed E-state index contributed by atoms with van der Waals surface area (Å²) >= 11 is 6.14. The van der Waals surface area contributed by atoms with Gasteiger partial charge in [-0.2, -0.15) is 13.2 Å². The van der Waals surface area contributed by atoms with E-state index < -0.39 is 161 Å². The zero-order valence-electron chi connectivity index (χ0n) is 53.8. The van der Waals surface area contributed by atoms with Crippen LogP contribution in [-0.4, -0.2) is 215 Å². The molecular weight excluding hydrogens is 1180 g/mol. The second-order valence-corrected chi connectivity index (χ2v) is 26.5. The number of rotatable bonds is 8. The van der Waals surface area contributed by atoms with Crippen LogP contribution in [0.2, 0.25) is 5.02 Å². The van der Waals surface area contributed by atoms with Gasteiger partial charge >= 0.3 is 6.18 Å². The van der Waals surface area contributed by atoms with E-state index in [1.54, 1.807) is 27.7 Å². The summed E-state index contributed by atoms with van der Waals surface area (Å²) in [5.41, 5.74) is -2.22. The maximum atomic E-state index is 15.2. The van der Waals surface area contributed by atoms with Gasteiger partial charge in [-0.15, -0.1) is 0 Å². The molecule has 1 aromatic carbocycles. The number of amides is 11. The third-order valence-electron chi connectivity index (χ3n) is 19.2. The van der Waals surface area contributed by atoms with E-state index in [0.717, 1.165) is 54.0 Å². The number of benzene rings is 1. The van der Waals surface area contributed by atoms with Gasteiger partial charge in [0.1, 0.15) is 47.8 Å². The standard InChI is InChI=1S/C63H95ClF3N11O11/c1-12-38(4)52-60(88)73(8)35-50(80)72(7)36-51(81)75(10)48(34-41-20-14-13-15-21-41)59(87)78-31-18-22-46(78)55(83)69-45(27-25-42-24-26-43(44(64)33-42)63(65,66)67)58(86)77-30-19-23-47(77)56(84)71-62(28-16-17-29-62)61(89)76(11)53(37(2)3)57(85)68-39(5)32-49(79)74(9)40(6)54(82)70-52/h24,26,33,37-41,45-48,52-53H,12-23,25,27-32,34-36H2,1-11H3,(H,68,85)(H,69,83)(H,70,82)(H,71,84)/t38-,39+,40-,45-,46+,47-,48-,52-,53-/m0/s1. The molecule has 3 heterocycles. The highest BCUT2D eigenvalue weighted by Gasteiger charge is 2.50. The molecule has 5 fully saturated rings. The van der Waals surface area contributed by atoms with Crippen LogP contribution in [0.5, 0.6) is 0 Å². The van der Waals surface area contributed by atoms with Crippen LogP contribution >= 0.6 is 11.6 Å². The van der Waals surface area contributed by atoms with Crippen LogP contribution in [0.25, 0.3) is 0 Å². The van der Waals surface area contributed by atoms with E-state index in [4.69, 9.17) is 11.6 Å². The minimum atomic E-state index is -4.74. The summed E-state index contributed by atoms with van der Waals surface area (Å²) in [7, 11) is 7.16. The number of carbonyl (C=O) groups is 11. The van der Waals surface area contributed by atoms with E-state index in [1.807, 2.05) is 6.92 Å². The van der Waals surface area contributed by atoms with Gasteiger partial charge in [0.05, 0.1) is 23.7 Å². The molecule has 496 valence electrons. The van der Waals surface area contributed by atoms with E-state index in [-0.39, 0.29) is 70.4 Å². The van der Waals surface area contributed by atoms with E-state index >= 15 is 9.59 Å². The zero-order chi connectivity index (χ0) is 66.0. The summed E-state index contributed by atoms with van der Waals surface area (Å²) in [4.78, 5) is 168. The molecule has 3 aliphatic heterocycles. The fourth-order valence-electron chi connectivity index (χ4n) is 13.4. The molecule has 9 atom stereocenters. The summed E-state index contributed by atoms with van der Waals surface area (Å²) in [6.07, 6.45) is 2.57. The molecule has 1 aromatic rings. The number of fused-ring (bicyclic) bond motifs is 2. The maximum Gasteiger partial charge on any atom is 0.417 e. The average Bonchev–Trinajstić information content (AvgIpc) is 4.01. The SMILES string of the molecule is CC[C@H](C)[C@@H]1NC(=O)[C@H](C)N(C)C(=O)C[C@@H](C)NC(=O)[C@H](C(C)C)N(C)C(=O)C2(CCCC2)NC(=O)[C@@H]2CCCN2C(=O)[C@H](CCc2ccc(C(F)(F)F)c(Cl)c2)NC(=O)[C@H]2CCCN2C(=O)[C@H](CC2CCCCC2)N(C)C(=O)CN(C)C(=O)CN(C)C1=O. The Kier molecular flexibility index (Phi) is 24.9. The molecule has 0 bridgehead atoms. The van der Waals surface area contributed by atoms with Crippen LogP contribution in [-0.2, 0) is 65.3 Å². The molecule has 3 saturated heterocycles. The van der Waals surface area contributed by atoms with Crippen molar-refractivity contribution >= 4 is 76.6 Å². The van der Waals surface area contributed by atoms with Gasteiger partial charge in [-0.05, 0) is 107 Å². The molecule has 22 nitrogen and oxygen atoms in total. The lowest BCUT2D eigenvalue weighted by atomic mass is 9.84. The van der Waals surface area contributed by atoms with Crippen molar-refractivity contribution in [1.82, 2.24) is 55.6 Å². The van der Waals surface area contributed by atoms with Crippen molar-refractivity contribution in [2.75, 3.05) is 61.4 Å².